The average Bonchev–Trinajstić information content (AvgIpc) is 2.42. The molecule has 2 aromatic carbocycles. The molecule has 4 heteroatoms. The number of nitrogen functional groups attached to an aromatic ring is 1. The van der Waals surface area contributed by atoms with Gasteiger partial charge in [0, 0.05) is 11.3 Å². The SMILES string of the molecule is COc1cccc(OC)c1-c1cc(N)c(C)cc1F. The first-order valence-corrected chi connectivity index (χ1v) is 5.85. The van der Waals surface area contributed by atoms with E-state index < -0.39 is 0 Å². The van der Waals surface area contributed by atoms with Crippen LogP contribution in [0.1, 0.15) is 5.56 Å². The van der Waals surface area contributed by atoms with Crippen molar-refractivity contribution in [3.8, 4) is 22.6 Å². The minimum Gasteiger partial charge on any atom is -0.496 e. The molecule has 2 rings (SSSR count). The molecule has 0 spiro atoms. The van der Waals surface area contributed by atoms with Gasteiger partial charge in [-0.05, 0) is 36.8 Å². The Kier molecular flexibility index (Phi) is 3.60. The summed E-state index contributed by atoms with van der Waals surface area (Å²) in [4.78, 5) is 0. The number of methoxy groups -OCH3 is 2. The van der Waals surface area contributed by atoms with Gasteiger partial charge in [-0.3, -0.25) is 0 Å². The van der Waals surface area contributed by atoms with E-state index in [0.29, 0.717) is 33.9 Å². The second-order valence-corrected chi connectivity index (χ2v) is 4.23. The van der Waals surface area contributed by atoms with Crippen molar-refractivity contribution in [1.82, 2.24) is 0 Å². The van der Waals surface area contributed by atoms with Crippen molar-refractivity contribution in [2.75, 3.05) is 20.0 Å². The quantitative estimate of drug-likeness (QED) is 0.861. The molecule has 0 saturated carbocycles. The lowest BCUT2D eigenvalue weighted by Crippen LogP contribution is -1.98. The Morgan fingerprint density at radius 2 is 1.63 bits per heavy atom. The van der Waals surface area contributed by atoms with Gasteiger partial charge in [-0.25, -0.2) is 4.39 Å². The molecule has 0 aliphatic rings. The highest BCUT2D eigenvalue weighted by Crippen LogP contribution is 2.40. The van der Waals surface area contributed by atoms with E-state index in [9.17, 15) is 4.39 Å². The predicted octanol–water partition coefficient (Wildman–Crippen LogP) is 3.40. The van der Waals surface area contributed by atoms with Crippen LogP contribution in [0.2, 0.25) is 0 Å². The van der Waals surface area contributed by atoms with E-state index in [1.54, 1.807) is 31.2 Å². The predicted molar refractivity (Wildman–Crippen MR) is 74.1 cm³/mol. The molecule has 0 aliphatic heterocycles. The smallest absolute Gasteiger partial charge is 0.131 e. The Bertz CT molecular complexity index is 589. The van der Waals surface area contributed by atoms with Crippen molar-refractivity contribution in [3.63, 3.8) is 0 Å². The van der Waals surface area contributed by atoms with Crippen LogP contribution in [0.4, 0.5) is 10.1 Å². The number of rotatable bonds is 3. The van der Waals surface area contributed by atoms with E-state index >= 15 is 0 Å². The summed E-state index contributed by atoms with van der Waals surface area (Å²) in [5, 5.41) is 0. The largest absolute Gasteiger partial charge is 0.496 e. The lowest BCUT2D eigenvalue weighted by atomic mass is 10.00. The van der Waals surface area contributed by atoms with E-state index in [4.69, 9.17) is 15.2 Å². The summed E-state index contributed by atoms with van der Waals surface area (Å²) < 4.78 is 24.7. The number of hydrogen-bond donors (Lipinski definition) is 1. The maximum atomic E-state index is 14.2. The Morgan fingerprint density at radius 1 is 1.05 bits per heavy atom. The monoisotopic (exact) mass is 261 g/mol. The molecule has 0 amide bonds. The zero-order valence-corrected chi connectivity index (χ0v) is 11.2. The van der Waals surface area contributed by atoms with Gasteiger partial charge in [0.15, 0.2) is 0 Å². The molecule has 0 heterocycles. The second-order valence-electron chi connectivity index (χ2n) is 4.23. The fourth-order valence-electron chi connectivity index (χ4n) is 2.00. The molecule has 2 N–H and O–H groups in total. The number of ether oxygens (including phenoxy) is 2. The number of benzene rings is 2. The van der Waals surface area contributed by atoms with Crippen LogP contribution in [0.3, 0.4) is 0 Å². The number of anilines is 1. The molecule has 0 aliphatic carbocycles. The molecule has 19 heavy (non-hydrogen) atoms. The molecular weight excluding hydrogens is 245 g/mol. The third kappa shape index (κ3) is 2.34. The first kappa shape index (κ1) is 13.2. The summed E-state index contributed by atoms with van der Waals surface area (Å²) in [7, 11) is 3.07. The van der Waals surface area contributed by atoms with E-state index in [-0.39, 0.29) is 5.82 Å². The number of halogens is 1. The first-order valence-electron chi connectivity index (χ1n) is 5.85. The minimum atomic E-state index is -0.352. The van der Waals surface area contributed by atoms with Crippen LogP contribution in [-0.2, 0) is 0 Å². The number of nitrogens with two attached hydrogens (primary N) is 1. The van der Waals surface area contributed by atoms with E-state index in [2.05, 4.69) is 0 Å². The highest BCUT2D eigenvalue weighted by Gasteiger charge is 2.17. The third-order valence-corrected chi connectivity index (χ3v) is 3.05. The lowest BCUT2D eigenvalue weighted by molar-refractivity contribution is 0.397. The molecule has 100 valence electrons. The van der Waals surface area contributed by atoms with Gasteiger partial charge in [0.05, 0.1) is 19.8 Å². The zero-order valence-electron chi connectivity index (χ0n) is 11.2. The molecule has 2 aromatic rings. The van der Waals surface area contributed by atoms with Gasteiger partial charge in [-0.15, -0.1) is 0 Å². The maximum Gasteiger partial charge on any atom is 0.131 e. The molecular formula is C15H16FNO2. The Hall–Kier alpha value is -2.23. The van der Waals surface area contributed by atoms with Crippen LogP contribution in [-0.4, -0.2) is 14.2 Å². The van der Waals surface area contributed by atoms with Crippen LogP contribution >= 0.6 is 0 Å². The second kappa shape index (κ2) is 5.18. The van der Waals surface area contributed by atoms with Crippen molar-refractivity contribution < 1.29 is 13.9 Å². The van der Waals surface area contributed by atoms with Crippen LogP contribution in [0.15, 0.2) is 30.3 Å². The highest BCUT2D eigenvalue weighted by molar-refractivity contribution is 5.79. The van der Waals surface area contributed by atoms with Crippen LogP contribution in [0.25, 0.3) is 11.1 Å². The molecule has 0 aromatic heterocycles. The molecule has 0 fully saturated rings. The van der Waals surface area contributed by atoms with Crippen molar-refractivity contribution in [2.24, 2.45) is 0 Å². The molecule has 0 bridgehead atoms. The van der Waals surface area contributed by atoms with Gasteiger partial charge >= 0.3 is 0 Å². The van der Waals surface area contributed by atoms with Crippen molar-refractivity contribution in [2.45, 2.75) is 6.92 Å². The molecule has 0 unspecified atom stereocenters. The summed E-state index contributed by atoms with van der Waals surface area (Å²) >= 11 is 0. The highest BCUT2D eigenvalue weighted by atomic mass is 19.1. The zero-order chi connectivity index (χ0) is 14.0. The summed E-state index contributed by atoms with van der Waals surface area (Å²) in [6, 6.07) is 8.32. The summed E-state index contributed by atoms with van der Waals surface area (Å²) in [5.41, 5.74) is 8.04. The molecule has 0 atom stereocenters. The standard InChI is InChI=1S/C15H16FNO2/c1-9-7-11(16)10(8-12(9)17)15-13(18-2)5-4-6-14(15)19-3/h4-8H,17H2,1-3H3. The van der Waals surface area contributed by atoms with Gasteiger partial charge < -0.3 is 15.2 Å². The third-order valence-electron chi connectivity index (χ3n) is 3.05. The summed E-state index contributed by atoms with van der Waals surface area (Å²) in [6.07, 6.45) is 0. The fraction of sp³-hybridized carbons (Fsp3) is 0.200. The Morgan fingerprint density at radius 3 is 2.16 bits per heavy atom. The van der Waals surface area contributed by atoms with Crippen molar-refractivity contribution in [1.29, 1.82) is 0 Å². The minimum absolute atomic E-state index is 0.352. The summed E-state index contributed by atoms with van der Waals surface area (Å²) in [5.74, 6) is 0.734. The molecule has 0 radical (unpaired) electrons. The van der Waals surface area contributed by atoms with Crippen molar-refractivity contribution >= 4 is 5.69 Å². The van der Waals surface area contributed by atoms with Gasteiger partial charge in [0.2, 0.25) is 0 Å². The van der Waals surface area contributed by atoms with E-state index in [1.165, 1.54) is 20.3 Å². The maximum absolute atomic E-state index is 14.2. The lowest BCUT2D eigenvalue weighted by Gasteiger charge is -2.15. The van der Waals surface area contributed by atoms with E-state index in [1.807, 2.05) is 0 Å². The fourth-order valence-corrected chi connectivity index (χ4v) is 2.00. The topological polar surface area (TPSA) is 44.5 Å². The number of aryl methyl sites for hydroxylation is 1. The average molecular weight is 261 g/mol. The van der Waals surface area contributed by atoms with Gasteiger partial charge in [-0.1, -0.05) is 6.07 Å². The molecule has 3 nitrogen and oxygen atoms in total. The van der Waals surface area contributed by atoms with Gasteiger partial charge in [0.1, 0.15) is 17.3 Å². The first-order chi connectivity index (χ1) is 9.08. The van der Waals surface area contributed by atoms with E-state index in [0.717, 1.165) is 0 Å². The Labute approximate surface area is 111 Å². The van der Waals surface area contributed by atoms with Crippen molar-refractivity contribution in [3.05, 3.63) is 41.7 Å². The molecule has 0 saturated heterocycles. The normalized spacial score (nSPS) is 10.3. The summed E-state index contributed by atoms with van der Waals surface area (Å²) in [6.45, 7) is 1.77. The van der Waals surface area contributed by atoms with Crippen LogP contribution in [0.5, 0.6) is 11.5 Å². The van der Waals surface area contributed by atoms with Crippen LogP contribution in [0, 0.1) is 12.7 Å². The van der Waals surface area contributed by atoms with Gasteiger partial charge in [0.25, 0.3) is 0 Å². The Balaban J connectivity index is 2.74. The number of hydrogen-bond acceptors (Lipinski definition) is 3. The van der Waals surface area contributed by atoms with Crippen LogP contribution < -0.4 is 15.2 Å². The van der Waals surface area contributed by atoms with Gasteiger partial charge in [-0.2, -0.15) is 0 Å².